The summed E-state index contributed by atoms with van der Waals surface area (Å²) in [4.78, 5) is 22.0. The lowest BCUT2D eigenvalue weighted by atomic mass is 10.2. The van der Waals surface area contributed by atoms with Crippen molar-refractivity contribution < 1.29 is 14.1 Å². The maximum atomic E-state index is 13.7. The highest BCUT2D eigenvalue weighted by Gasteiger charge is 2.19. The van der Waals surface area contributed by atoms with Gasteiger partial charge in [0.25, 0.3) is 5.91 Å². The zero-order valence-electron chi connectivity index (χ0n) is 12.4. The molecule has 2 heterocycles. The molecule has 0 aliphatic heterocycles. The molecule has 0 unspecified atom stereocenters. The van der Waals surface area contributed by atoms with Gasteiger partial charge >= 0.3 is 5.82 Å². The molecule has 2 N–H and O–H groups in total. The summed E-state index contributed by atoms with van der Waals surface area (Å²) >= 11 is 3.25. The number of aromatic amines is 1. The fourth-order valence-electron chi connectivity index (χ4n) is 2.06. The van der Waals surface area contributed by atoms with Gasteiger partial charge in [-0.1, -0.05) is 23.3 Å². The minimum Gasteiger partial charge on any atom is -0.358 e. The Morgan fingerprint density at radius 3 is 2.88 bits per heavy atom. The average Bonchev–Trinajstić information content (AvgIpc) is 3.17. The molecular formula is C14H10BrFN6O3. The SMILES string of the molecule is O=C(Nc1nn(Cc2ccccc2F)cc1Br)c1cc([N+](=O)[O-])[nH]n1. The molecule has 9 nitrogen and oxygen atoms in total. The number of hydrogen-bond donors (Lipinski definition) is 2. The van der Waals surface area contributed by atoms with Gasteiger partial charge in [0.05, 0.1) is 17.1 Å². The molecule has 0 aliphatic carbocycles. The number of hydrogen-bond acceptors (Lipinski definition) is 5. The Morgan fingerprint density at radius 2 is 2.20 bits per heavy atom. The summed E-state index contributed by atoms with van der Waals surface area (Å²) in [5, 5.41) is 23.0. The summed E-state index contributed by atoms with van der Waals surface area (Å²) < 4.78 is 15.6. The van der Waals surface area contributed by atoms with Crippen molar-refractivity contribution in [3.05, 3.63) is 68.2 Å². The molecule has 0 saturated carbocycles. The number of amides is 1. The molecule has 3 rings (SSSR count). The molecule has 2 aromatic heterocycles. The predicted molar refractivity (Wildman–Crippen MR) is 88.6 cm³/mol. The van der Waals surface area contributed by atoms with E-state index in [1.165, 1.54) is 10.7 Å². The smallest absolute Gasteiger partial charge is 0.343 e. The first kappa shape index (κ1) is 16.8. The van der Waals surface area contributed by atoms with Gasteiger partial charge in [0, 0.05) is 11.8 Å². The molecule has 0 spiro atoms. The van der Waals surface area contributed by atoms with E-state index in [1.807, 2.05) is 0 Å². The molecule has 128 valence electrons. The second kappa shape index (κ2) is 6.81. The molecule has 0 saturated heterocycles. The molecule has 0 fully saturated rings. The van der Waals surface area contributed by atoms with Crippen LogP contribution in [0.15, 0.2) is 41.0 Å². The first-order valence-corrected chi connectivity index (χ1v) is 7.71. The topological polar surface area (TPSA) is 119 Å². The molecule has 0 bridgehead atoms. The summed E-state index contributed by atoms with van der Waals surface area (Å²) in [6.07, 6.45) is 1.58. The van der Waals surface area contributed by atoms with Crippen LogP contribution in [-0.4, -0.2) is 30.8 Å². The van der Waals surface area contributed by atoms with Crippen LogP contribution in [0.5, 0.6) is 0 Å². The highest BCUT2D eigenvalue weighted by Crippen LogP contribution is 2.22. The van der Waals surface area contributed by atoms with Gasteiger partial charge in [0.2, 0.25) is 0 Å². The van der Waals surface area contributed by atoms with E-state index in [-0.39, 0.29) is 23.9 Å². The Labute approximate surface area is 148 Å². The van der Waals surface area contributed by atoms with E-state index in [4.69, 9.17) is 0 Å². The van der Waals surface area contributed by atoms with Gasteiger partial charge < -0.3 is 15.4 Å². The van der Waals surface area contributed by atoms with Gasteiger partial charge in [-0.2, -0.15) is 5.10 Å². The molecule has 1 amide bonds. The quantitative estimate of drug-likeness (QED) is 0.496. The summed E-state index contributed by atoms with van der Waals surface area (Å²) in [5.41, 5.74) is 0.292. The molecule has 0 atom stereocenters. The lowest BCUT2D eigenvalue weighted by Crippen LogP contribution is -2.13. The van der Waals surface area contributed by atoms with Crippen LogP contribution in [0.2, 0.25) is 0 Å². The molecule has 11 heteroatoms. The van der Waals surface area contributed by atoms with Crippen molar-refractivity contribution in [1.29, 1.82) is 0 Å². The van der Waals surface area contributed by atoms with Gasteiger partial charge in [-0.3, -0.25) is 9.48 Å². The Bertz CT molecular complexity index is 954. The van der Waals surface area contributed by atoms with Crippen LogP contribution in [0.1, 0.15) is 16.1 Å². The van der Waals surface area contributed by atoms with Gasteiger partial charge in [0.1, 0.15) is 5.82 Å². The normalized spacial score (nSPS) is 10.6. The van der Waals surface area contributed by atoms with Crippen LogP contribution in [0.25, 0.3) is 0 Å². The van der Waals surface area contributed by atoms with E-state index < -0.39 is 16.6 Å². The number of halogens is 2. The van der Waals surface area contributed by atoms with Crippen LogP contribution in [0.3, 0.4) is 0 Å². The molecule has 1 aromatic carbocycles. The summed E-state index contributed by atoms with van der Waals surface area (Å²) in [5.74, 6) is -1.23. The number of nitro groups is 1. The predicted octanol–water partition coefficient (Wildman–Crippen LogP) is 2.72. The molecule has 0 aliphatic rings. The number of carbonyl (C=O) groups excluding carboxylic acids is 1. The van der Waals surface area contributed by atoms with Gasteiger partial charge in [-0.15, -0.1) is 5.10 Å². The summed E-state index contributed by atoms with van der Waals surface area (Å²) in [6.45, 7) is 0.176. The van der Waals surface area contributed by atoms with Crippen molar-refractivity contribution in [3.63, 3.8) is 0 Å². The largest absolute Gasteiger partial charge is 0.358 e. The maximum absolute atomic E-state index is 13.7. The number of benzene rings is 1. The third-order valence-electron chi connectivity index (χ3n) is 3.23. The average molecular weight is 409 g/mol. The highest BCUT2D eigenvalue weighted by atomic mass is 79.9. The van der Waals surface area contributed by atoms with Crippen molar-refractivity contribution in [3.8, 4) is 0 Å². The van der Waals surface area contributed by atoms with Crippen molar-refractivity contribution in [2.75, 3.05) is 5.32 Å². The maximum Gasteiger partial charge on any atom is 0.343 e. The van der Waals surface area contributed by atoms with Gasteiger partial charge in [-0.25, -0.2) is 4.39 Å². The van der Waals surface area contributed by atoms with E-state index >= 15 is 0 Å². The molecule has 25 heavy (non-hydrogen) atoms. The minimum atomic E-state index is -0.692. The van der Waals surface area contributed by atoms with E-state index in [2.05, 4.69) is 36.5 Å². The van der Waals surface area contributed by atoms with E-state index in [9.17, 15) is 19.3 Å². The number of aromatic nitrogens is 4. The zero-order valence-corrected chi connectivity index (χ0v) is 14.0. The van der Waals surface area contributed by atoms with E-state index in [0.717, 1.165) is 6.07 Å². The van der Waals surface area contributed by atoms with Crippen molar-refractivity contribution in [2.45, 2.75) is 6.54 Å². The first-order valence-electron chi connectivity index (χ1n) is 6.91. The van der Waals surface area contributed by atoms with Gasteiger partial charge in [-0.05, 0) is 26.9 Å². The van der Waals surface area contributed by atoms with Crippen LogP contribution >= 0.6 is 15.9 Å². The molecule has 3 aromatic rings. The third kappa shape index (κ3) is 3.71. The van der Waals surface area contributed by atoms with E-state index in [1.54, 1.807) is 24.4 Å². The minimum absolute atomic E-state index is 0.151. The van der Waals surface area contributed by atoms with E-state index in [0.29, 0.717) is 10.0 Å². The van der Waals surface area contributed by atoms with Crippen molar-refractivity contribution in [2.24, 2.45) is 0 Å². The number of rotatable bonds is 5. The monoisotopic (exact) mass is 408 g/mol. The first-order chi connectivity index (χ1) is 11.9. The van der Waals surface area contributed by atoms with Crippen molar-refractivity contribution >= 4 is 33.5 Å². The third-order valence-corrected chi connectivity index (χ3v) is 3.81. The second-order valence-corrected chi connectivity index (χ2v) is 5.82. The van der Waals surface area contributed by atoms with Crippen LogP contribution in [-0.2, 0) is 6.54 Å². The Hall–Kier alpha value is -3.08. The number of nitrogens with one attached hydrogen (secondary N) is 2. The van der Waals surface area contributed by atoms with Gasteiger partial charge in [0.15, 0.2) is 11.5 Å². The van der Waals surface area contributed by atoms with Crippen LogP contribution in [0.4, 0.5) is 16.0 Å². The Balaban J connectivity index is 1.75. The van der Waals surface area contributed by atoms with Crippen LogP contribution < -0.4 is 5.32 Å². The lowest BCUT2D eigenvalue weighted by molar-refractivity contribution is -0.389. The number of anilines is 1. The van der Waals surface area contributed by atoms with Crippen LogP contribution in [0, 0.1) is 15.9 Å². The Morgan fingerprint density at radius 1 is 1.44 bits per heavy atom. The van der Waals surface area contributed by atoms with Crippen molar-refractivity contribution in [1.82, 2.24) is 20.0 Å². The summed E-state index contributed by atoms with van der Waals surface area (Å²) in [6, 6.07) is 7.29. The molecular weight excluding hydrogens is 399 g/mol. The fourth-order valence-corrected chi connectivity index (χ4v) is 2.47. The standard InChI is InChI=1S/C14H10BrFN6O3/c15-9-7-21(6-8-3-1-2-4-10(8)16)20-13(9)17-14(23)11-5-12(19-18-11)22(24)25/h1-5,7H,6H2,(H,18,19)(H,17,20,23). The molecule has 0 radical (unpaired) electrons. The highest BCUT2D eigenvalue weighted by molar-refractivity contribution is 9.10. The number of nitrogens with zero attached hydrogens (tertiary/aromatic N) is 4. The lowest BCUT2D eigenvalue weighted by Gasteiger charge is -2.03. The Kier molecular flexibility index (Phi) is 4.57. The number of H-pyrrole nitrogens is 1. The second-order valence-electron chi connectivity index (χ2n) is 4.96. The fraction of sp³-hybridized carbons (Fsp3) is 0.0714. The number of carbonyl (C=O) groups is 1. The zero-order chi connectivity index (χ0) is 18.0. The summed E-state index contributed by atoms with van der Waals surface area (Å²) in [7, 11) is 0.